The molecule has 1 N–H and O–H groups in total. The first-order chi connectivity index (χ1) is 11.5. The quantitative estimate of drug-likeness (QED) is 0.784. The Hall–Kier alpha value is -2.21. The summed E-state index contributed by atoms with van der Waals surface area (Å²) in [6.45, 7) is 4.29. The maximum atomic E-state index is 12.5. The Morgan fingerprint density at radius 2 is 2.25 bits per heavy atom. The highest BCUT2D eigenvalue weighted by molar-refractivity contribution is 7.18. The molecule has 4 rings (SSSR count). The third-order valence-electron chi connectivity index (χ3n) is 4.45. The lowest BCUT2D eigenvalue weighted by molar-refractivity contribution is -0.117. The molecule has 124 valence electrons. The van der Waals surface area contributed by atoms with Crippen LogP contribution in [0.1, 0.15) is 42.7 Å². The first kappa shape index (κ1) is 15.3. The van der Waals surface area contributed by atoms with Crippen molar-refractivity contribution in [3.63, 3.8) is 0 Å². The first-order valence-corrected chi connectivity index (χ1v) is 9.03. The van der Waals surface area contributed by atoms with E-state index in [-0.39, 0.29) is 11.8 Å². The number of nitrogens with one attached hydrogen (secondary N) is 1. The fraction of sp³-hybridized carbons (Fsp3) is 0.389. The molecule has 0 radical (unpaired) electrons. The largest absolute Gasteiger partial charge is 0.326 e. The van der Waals surface area contributed by atoms with Crippen molar-refractivity contribution in [2.75, 3.05) is 5.32 Å². The minimum absolute atomic E-state index is 0.0533. The lowest BCUT2D eigenvalue weighted by Crippen LogP contribution is -2.14. The van der Waals surface area contributed by atoms with Crippen LogP contribution in [-0.4, -0.2) is 20.7 Å². The van der Waals surface area contributed by atoms with Gasteiger partial charge >= 0.3 is 0 Å². The number of benzene rings is 1. The van der Waals surface area contributed by atoms with Crippen molar-refractivity contribution in [3.8, 4) is 0 Å². The van der Waals surface area contributed by atoms with E-state index in [1.807, 2.05) is 37.6 Å². The summed E-state index contributed by atoms with van der Waals surface area (Å²) < 4.78 is 2.91. The summed E-state index contributed by atoms with van der Waals surface area (Å²) in [5.41, 5.74) is 3.00. The molecule has 5 nitrogen and oxygen atoms in total. The molecule has 2 heterocycles. The molecule has 1 aliphatic rings. The standard InChI is InChI=1S/C18H20N4OS/c1-10(2)18-21-15-5-4-12(6-16(15)24-18)20-17(23)14-7-13(14)11-8-19-22(3)9-11/h4-6,8-10,13-14H,7H2,1-3H3,(H,20,23)/t13-,14+/m0/s1. The Balaban J connectivity index is 1.47. The number of nitrogens with zero attached hydrogens (tertiary/aromatic N) is 3. The Morgan fingerprint density at radius 1 is 1.42 bits per heavy atom. The SMILES string of the molecule is CC(C)c1nc2ccc(NC(=O)[C@@H]3C[C@H]3c3cnn(C)c3)cc2s1. The molecule has 0 bridgehead atoms. The van der Waals surface area contributed by atoms with Crippen LogP contribution in [0.4, 0.5) is 5.69 Å². The van der Waals surface area contributed by atoms with E-state index in [0.717, 1.165) is 32.9 Å². The Morgan fingerprint density at radius 3 is 2.96 bits per heavy atom. The smallest absolute Gasteiger partial charge is 0.228 e. The number of carbonyl (C=O) groups excluding carboxylic acids is 1. The number of hydrogen-bond acceptors (Lipinski definition) is 4. The van der Waals surface area contributed by atoms with Crippen LogP contribution in [-0.2, 0) is 11.8 Å². The summed E-state index contributed by atoms with van der Waals surface area (Å²) in [5, 5.41) is 8.37. The minimum atomic E-state index is 0.0533. The van der Waals surface area contributed by atoms with Gasteiger partial charge in [-0.3, -0.25) is 9.48 Å². The van der Waals surface area contributed by atoms with Gasteiger partial charge in [0.2, 0.25) is 5.91 Å². The van der Waals surface area contributed by atoms with Crippen LogP contribution < -0.4 is 5.32 Å². The van der Waals surface area contributed by atoms with Crippen LogP contribution in [0.3, 0.4) is 0 Å². The molecule has 3 aromatic rings. The Bertz CT molecular complexity index is 911. The second-order valence-electron chi connectivity index (χ2n) is 6.77. The van der Waals surface area contributed by atoms with Gasteiger partial charge in [0.15, 0.2) is 0 Å². The highest BCUT2D eigenvalue weighted by Gasteiger charge is 2.44. The molecule has 1 aliphatic carbocycles. The van der Waals surface area contributed by atoms with Crippen molar-refractivity contribution in [2.24, 2.45) is 13.0 Å². The highest BCUT2D eigenvalue weighted by Crippen LogP contribution is 2.47. The molecule has 1 amide bonds. The molecule has 6 heteroatoms. The van der Waals surface area contributed by atoms with Gasteiger partial charge in [0.25, 0.3) is 0 Å². The van der Waals surface area contributed by atoms with Gasteiger partial charge in [-0.15, -0.1) is 11.3 Å². The highest BCUT2D eigenvalue weighted by atomic mass is 32.1. The maximum Gasteiger partial charge on any atom is 0.228 e. The summed E-state index contributed by atoms with van der Waals surface area (Å²) in [6.07, 6.45) is 4.75. The van der Waals surface area contributed by atoms with Gasteiger partial charge in [-0.05, 0) is 36.1 Å². The Kier molecular flexibility index (Phi) is 3.64. The number of amides is 1. The fourth-order valence-corrected chi connectivity index (χ4v) is 4.00. The number of rotatable bonds is 4. The lowest BCUT2D eigenvalue weighted by Gasteiger charge is -2.04. The van der Waals surface area contributed by atoms with Crippen molar-refractivity contribution < 1.29 is 4.79 Å². The van der Waals surface area contributed by atoms with E-state index in [2.05, 4.69) is 29.2 Å². The van der Waals surface area contributed by atoms with Crippen molar-refractivity contribution in [1.29, 1.82) is 0 Å². The number of aryl methyl sites for hydroxylation is 1. The monoisotopic (exact) mass is 340 g/mol. The number of fused-ring (bicyclic) bond motifs is 1. The van der Waals surface area contributed by atoms with Crippen molar-refractivity contribution in [3.05, 3.63) is 41.2 Å². The van der Waals surface area contributed by atoms with E-state index in [1.165, 1.54) is 0 Å². The van der Waals surface area contributed by atoms with Crippen LogP contribution in [0, 0.1) is 5.92 Å². The zero-order valence-electron chi connectivity index (χ0n) is 14.0. The third kappa shape index (κ3) is 2.82. The summed E-state index contributed by atoms with van der Waals surface area (Å²) in [6, 6.07) is 5.95. The molecule has 0 aliphatic heterocycles. The zero-order valence-corrected chi connectivity index (χ0v) is 14.8. The third-order valence-corrected chi connectivity index (χ3v) is 5.77. The summed E-state index contributed by atoms with van der Waals surface area (Å²) >= 11 is 1.70. The molecule has 1 saturated carbocycles. The Labute approximate surface area is 144 Å². The topological polar surface area (TPSA) is 59.8 Å². The molecule has 0 spiro atoms. The van der Waals surface area contributed by atoms with Gasteiger partial charge in [-0.1, -0.05) is 13.8 Å². The molecular formula is C18H20N4OS. The van der Waals surface area contributed by atoms with Crippen LogP contribution in [0.15, 0.2) is 30.6 Å². The molecule has 24 heavy (non-hydrogen) atoms. The predicted molar refractivity (Wildman–Crippen MR) is 96.4 cm³/mol. The molecule has 0 saturated heterocycles. The lowest BCUT2D eigenvalue weighted by atomic mass is 10.2. The molecule has 1 fully saturated rings. The second kappa shape index (κ2) is 5.70. The normalized spacial score (nSPS) is 19.8. The van der Waals surface area contributed by atoms with Gasteiger partial charge in [-0.2, -0.15) is 5.10 Å². The van der Waals surface area contributed by atoms with Crippen LogP contribution in [0.5, 0.6) is 0 Å². The van der Waals surface area contributed by atoms with E-state index in [0.29, 0.717) is 11.8 Å². The summed E-state index contributed by atoms with van der Waals surface area (Å²) in [7, 11) is 1.90. The van der Waals surface area contributed by atoms with Crippen molar-refractivity contribution in [1.82, 2.24) is 14.8 Å². The number of anilines is 1. The van der Waals surface area contributed by atoms with E-state index in [1.54, 1.807) is 16.0 Å². The van der Waals surface area contributed by atoms with Crippen molar-refractivity contribution >= 4 is 33.1 Å². The average Bonchev–Trinajstić information content (AvgIpc) is 3.04. The summed E-state index contributed by atoms with van der Waals surface area (Å²) in [5.74, 6) is 0.875. The van der Waals surface area contributed by atoms with Crippen LogP contribution >= 0.6 is 11.3 Å². The van der Waals surface area contributed by atoms with E-state index >= 15 is 0 Å². The van der Waals surface area contributed by atoms with Crippen molar-refractivity contribution in [2.45, 2.75) is 32.1 Å². The van der Waals surface area contributed by atoms with Gasteiger partial charge in [0, 0.05) is 30.8 Å². The number of aromatic nitrogens is 3. The van der Waals surface area contributed by atoms with Crippen LogP contribution in [0.25, 0.3) is 10.2 Å². The number of carbonyl (C=O) groups is 1. The number of hydrogen-bond donors (Lipinski definition) is 1. The second-order valence-corrected chi connectivity index (χ2v) is 7.84. The minimum Gasteiger partial charge on any atom is -0.326 e. The van der Waals surface area contributed by atoms with Gasteiger partial charge in [-0.25, -0.2) is 4.98 Å². The van der Waals surface area contributed by atoms with E-state index in [9.17, 15) is 4.79 Å². The van der Waals surface area contributed by atoms with E-state index < -0.39 is 0 Å². The number of thiazole rings is 1. The first-order valence-electron chi connectivity index (χ1n) is 8.21. The van der Waals surface area contributed by atoms with Crippen LogP contribution in [0.2, 0.25) is 0 Å². The maximum absolute atomic E-state index is 12.5. The predicted octanol–water partition coefficient (Wildman–Crippen LogP) is 3.90. The van der Waals surface area contributed by atoms with Gasteiger partial charge in [0.1, 0.15) is 0 Å². The molecule has 2 atom stereocenters. The van der Waals surface area contributed by atoms with Gasteiger partial charge in [0.05, 0.1) is 21.4 Å². The zero-order chi connectivity index (χ0) is 16.8. The fourth-order valence-electron chi connectivity index (χ4n) is 2.99. The average molecular weight is 340 g/mol. The summed E-state index contributed by atoms with van der Waals surface area (Å²) in [4.78, 5) is 17.1. The molecule has 2 aromatic heterocycles. The van der Waals surface area contributed by atoms with E-state index in [4.69, 9.17) is 0 Å². The molecule has 0 unspecified atom stereocenters. The van der Waals surface area contributed by atoms with Gasteiger partial charge < -0.3 is 5.32 Å². The molecular weight excluding hydrogens is 320 g/mol. The molecule has 1 aromatic carbocycles.